The SMILES string of the molecule is O=C(/C=C/c1ccccc1)NCC(O)COc1ccc(F)cc1. The van der Waals surface area contributed by atoms with E-state index in [2.05, 4.69) is 5.32 Å². The summed E-state index contributed by atoms with van der Waals surface area (Å²) in [6.45, 7) is 0.0769. The Hall–Kier alpha value is -2.66. The lowest BCUT2D eigenvalue weighted by Crippen LogP contribution is -2.34. The molecule has 0 radical (unpaired) electrons. The molecule has 0 bridgehead atoms. The number of halogens is 1. The first-order valence-electron chi connectivity index (χ1n) is 7.21. The lowest BCUT2D eigenvalue weighted by atomic mass is 10.2. The van der Waals surface area contributed by atoms with Gasteiger partial charge >= 0.3 is 0 Å². The number of benzene rings is 2. The smallest absolute Gasteiger partial charge is 0.244 e. The Labute approximate surface area is 134 Å². The summed E-state index contributed by atoms with van der Waals surface area (Å²) in [6.07, 6.45) is 2.24. The standard InChI is InChI=1S/C18H18FNO3/c19-15-7-9-17(10-8-15)23-13-16(21)12-20-18(22)11-6-14-4-2-1-3-5-14/h1-11,16,21H,12-13H2,(H,20,22)/b11-6+. The number of nitrogens with one attached hydrogen (secondary N) is 1. The van der Waals surface area contributed by atoms with Crippen LogP contribution in [0, 0.1) is 5.82 Å². The van der Waals surface area contributed by atoms with Crippen molar-refractivity contribution in [2.24, 2.45) is 0 Å². The van der Waals surface area contributed by atoms with E-state index in [1.54, 1.807) is 6.08 Å². The van der Waals surface area contributed by atoms with Gasteiger partial charge in [-0.2, -0.15) is 0 Å². The fourth-order valence-electron chi connectivity index (χ4n) is 1.80. The monoisotopic (exact) mass is 315 g/mol. The van der Waals surface area contributed by atoms with Crippen molar-refractivity contribution in [3.05, 3.63) is 72.1 Å². The number of aliphatic hydroxyl groups is 1. The van der Waals surface area contributed by atoms with Gasteiger partial charge in [-0.3, -0.25) is 4.79 Å². The predicted molar refractivity (Wildman–Crippen MR) is 86.4 cm³/mol. The van der Waals surface area contributed by atoms with Gasteiger partial charge in [-0.1, -0.05) is 30.3 Å². The number of aliphatic hydroxyl groups excluding tert-OH is 1. The van der Waals surface area contributed by atoms with Crippen LogP contribution >= 0.6 is 0 Å². The quantitative estimate of drug-likeness (QED) is 0.771. The normalized spacial score (nSPS) is 12.1. The summed E-state index contributed by atoms with van der Waals surface area (Å²) in [5.41, 5.74) is 0.919. The molecule has 4 nitrogen and oxygen atoms in total. The molecule has 0 saturated heterocycles. The third-order valence-electron chi connectivity index (χ3n) is 2.99. The first-order chi connectivity index (χ1) is 11.1. The molecule has 0 aromatic heterocycles. The van der Waals surface area contributed by atoms with Crippen molar-refractivity contribution in [1.82, 2.24) is 5.32 Å². The molecule has 1 atom stereocenters. The van der Waals surface area contributed by atoms with Crippen LogP contribution in [-0.4, -0.2) is 30.3 Å². The van der Waals surface area contributed by atoms with Crippen molar-refractivity contribution in [2.45, 2.75) is 6.10 Å². The second-order valence-electron chi connectivity index (χ2n) is 4.91. The fraction of sp³-hybridized carbons (Fsp3) is 0.167. The molecule has 2 aromatic rings. The summed E-state index contributed by atoms with van der Waals surface area (Å²) in [4.78, 5) is 11.6. The van der Waals surface area contributed by atoms with Crippen molar-refractivity contribution >= 4 is 12.0 Å². The van der Waals surface area contributed by atoms with E-state index in [0.29, 0.717) is 5.75 Å². The molecule has 2 aromatic carbocycles. The number of rotatable bonds is 7. The van der Waals surface area contributed by atoms with Gasteiger partial charge in [0.1, 0.15) is 24.3 Å². The lowest BCUT2D eigenvalue weighted by Gasteiger charge is -2.12. The zero-order valence-corrected chi connectivity index (χ0v) is 12.5. The maximum atomic E-state index is 12.7. The molecule has 2 rings (SSSR count). The molecule has 0 aliphatic rings. The van der Waals surface area contributed by atoms with E-state index in [0.717, 1.165) is 5.56 Å². The molecule has 0 saturated carbocycles. The Balaban J connectivity index is 1.69. The summed E-state index contributed by atoms with van der Waals surface area (Å²) >= 11 is 0. The maximum absolute atomic E-state index is 12.7. The second-order valence-corrected chi connectivity index (χ2v) is 4.91. The van der Waals surface area contributed by atoms with E-state index < -0.39 is 6.10 Å². The Bertz CT molecular complexity index is 641. The van der Waals surface area contributed by atoms with Gasteiger partial charge in [0, 0.05) is 12.6 Å². The van der Waals surface area contributed by atoms with Crippen molar-refractivity contribution < 1.29 is 19.0 Å². The van der Waals surface area contributed by atoms with Crippen LogP contribution in [0.5, 0.6) is 5.75 Å². The van der Waals surface area contributed by atoms with Gasteiger partial charge in [-0.15, -0.1) is 0 Å². The Morgan fingerprint density at radius 3 is 2.57 bits per heavy atom. The van der Waals surface area contributed by atoms with Gasteiger partial charge in [0.15, 0.2) is 0 Å². The number of ether oxygens (including phenoxy) is 1. The van der Waals surface area contributed by atoms with Crippen LogP contribution in [0.1, 0.15) is 5.56 Å². The van der Waals surface area contributed by atoms with Gasteiger partial charge in [0.2, 0.25) is 5.91 Å². The molecule has 0 aliphatic heterocycles. The number of amides is 1. The van der Waals surface area contributed by atoms with E-state index in [1.165, 1.54) is 30.3 Å². The molecule has 5 heteroatoms. The summed E-state index contributed by atoms with van der Waals surface area (Å²) in [5.74, 6) is -0.189. The third kappa shape index (κ3) is 6.32. The average molecular weight is 315 g/mol. The molecule has 23 heavy (non-hydrogen) atoms. The van der Waals surface area contributed by atoms with Gasteiger partial charge in [-0.25, -0.2) is 4.39 Å². The van der Waals surface area contributed by atoms with Crippen LogP contribution in [0.4, 0.5) is 4.39 Å². The molecule has 1 amide bonds. The highest BCUT2D eigenvalue weighted by Gasteiger charge is 2.06. The van der Waals surface area contributed by atoms with Crippen LogP contribution in [0.2, 0.25) is 0 Å². The Kier molecular flexibility index (Phi) is 6.32. The molecular formula is C18H18FNO3. The highest BCUT2D eigenvalue weighted by molar-refractivity contribution is 5.91. The minimum atomic E-state index is -0.853. The van der Waals surface area contributed by atoms with Crippen molar-refractivity contribution in [3.8, 4) is 5.75 Å². The summed E-state index contributed by atoms with van der Waals surface area (Å²) in [5, 5.41) is 12.3. The van der Waals surface area contributed by atoms with Gasteiger partial charge < -0.3 is 15.2 Å². The predicted octanol–water partition coefficient (Wildman–Crippen LogP) is 2.40. The number of hydrogen-bond acceptors (Lipinski definition) is 3. The largest absolute Gasteiger partial charge is 0.491 e. The second kappa shape index (κ2) is 8.70. The summed E-state index contributed by atoms with van der Waals surface area (Å²) < 4.78 is 18.0. The highest BCUT2D eigenvalue weighted by Crippen LogP contribution is 2.11. The molecule has 2 N–H and O–H groups in total. The van der Waals surface area contributed by atoms with E-state index in [1.807, 2.05) is 30.3 Å². The van der Waals surface area contributed by atoms with Crippen LogP contribution in [-0.2, 0) is 4.79 Å². The van der Waals surface area contributed by atoms with Crippen molar-refractivity contribution in [2.75, 3.05) is 13.2 Å². The Morgan fingerprint density at radius 1 is 1.17 bits per heavy atom. The molecular weight excluding hydrogens is 297 g/mol. The Morgan fingerprint density at radius 2 is 1.87 bits per heavy atom. The summed E-state index contributed by atoms with van der Waals surface area (Å²) in [6, 6.07) is 14.9. The van der Waals surface area contributed by atoms with Crippen molar-refractivity contribution in [1.29, 1.82) is 0 Å². The lowest BCUT2D eigenvalue weighted by molar-refractivity contribution is -0.117. The fourth-order valence-corrected chi connectivity index (χ4v) is 1.80. The molecule has 0 spiro atoms. The van der Waals surface area contributed by atoms with Gasteiger partial charge in [0.25, 0.3) is 0 Å². The number of hydrogen-bond donors (Lipinski definition) is 2. The first-order valence-corrected chi connectivity index (χ1v) is 7.21. The molecule has 0 fully saturated rings. The summed E-state index contributed by atoms with van der Waals surface area (Å²) in [7, 11) is 0. The molecule has 0 heterocycles. The van der Waals surface area contributed by atoms with Crippen LogP contribution < -0.4 is 10.1 Å². The van der Waals surface area contributed by atoms with Crippen LogP contribution in [0.3, 0.4) is 0 Å². The van der Waals surface area contributed by atoms with Crippen LogP contribution in [0.25, 0.3) is 6.08 Å². The minimum absolute atomic E-state index is 0.00825. The minimum Gasteiger partial charge on any atom is -0.491 e. The van der Waals surface area contributed by atoms with Crippen LogP contribution in [0.15, 0.2) is 60.7 Å². The van der Waals surface area contributed by atoms with Crippen molar-refractivity contribution in [3.63, 3.8) is 0 Å². The maximum Gasteiger partial charge on any atom is 0.244 e. The topological polar surface area (TPSA) is 58.6 Å². The molecule has 0 aliphatic carbocycles. The zero-order valence-electron chi connectivity index (χ0n) is 12.5. The number of carbonyl (C=O) groups is 1. The molecule has 1 unspecified atom stereocenters. The average Bonchev–Trinajstić information content (AvgIpc) is 2.58. The van der Waals surface area contributed by atoms with E-state index in [9.17, 15) is 14.3 Å². The zero-order chi connectivity index (χ0) is 16.5. The molecule has 120 valence electrons. The van der Waals surface area contributed by atoms with E-state index >= 15 is 0 Å². The number of carbonyl (C=O) groups excluding carboxylic acids is 1. The van der Waals surface area contributed by atoms with E-state index in [-0.39, 0.29) is 24.9 Å². The van der Waals surface area contributed by atoms with Gasteiger partial charge in [0.05, 0.1) is 0 Å². The third-order valence-corrected chi connectivity index (χ3v) is 2.99. The highest BCUT2D eigenvalue weighted by atomic mass is 19.1. The van der Waals surface area contributed by atoms with Gasteiger partial charge in [-0.05, 0) is 35.9 Å². The van der Waals surface area contributed by atoms with E-state index in [4.69, 9.17) is 4.74 Å². The first kappa shape index (κ1) is 16.7.